The zero-order valence-electron chi connectivity index (χ0n) is 13.4. The summed E-state index contributed by atoms with van der Waals surface area (Å²) in [6.45, 7) is 7.22. The number of rotatable bonds is 4. The van der Waals surface area contributed by atoms with Crippen molar-refractivity contribution in [3.05, 3.63) is 17.7 Å². The molecule has 6 nitrogen and oxygen atoms in total. The van der Waals surface area contributed by atoms with E-state index in [-0.39, 0.29) is 6.04 Å². The van der Waals surface area contributed by atoms with Crippen LogP contribution in [-0.4, -0.2) is 25.9 Å². The Morgan fingerprint density at radius 3 is 2.14 bits per heavy atom. The van der Waals surface area contributed by atoms with E-state index >= 15 is 0 Å². The van der Waals surface area contributed by atoms with Crippen LogP contribution in [0.2, 0.25) is 0 Å². The number of methoxy groups -OCH3 is 2. The Bertz CT molecular complexity index is 507. The fraction of sp³-hybridized carbons (Fsp3) is 0.533. The molecule has 118 valence electrons. The number of hydrogen-bond donors (Lipinski definition) is 2. The number of ether oxygens (including phenoxy) is 3. The summed E-state index contributed by atoms with van der Waals surface area (Å²) in [6, 6.07) is 3.13. The summed E-state index contributed by atoms with van der Waals surface area (Å²) in [6.07, 6.45) is -0.545. The van der Waals surface area contributed by atoms with Crippen LogP contribution in [-0.2, 0) is 4.74 Å². The van der Waals surface area contributed by atoms with Crippen LogP contribution in [0.3, 0.4) is 0 Å². The largest absolute Gasteiger partial charge is 0.493 e. The summed E-state index contributed by atoms with van der Waals surface area (Å²) in [5.41, 5.74) is 6.64. The SMILES string of the molecule is COc1cc(NC(=O)OC(C)(C)C)c(C(C)N)cc1OC. The van der Waals surface area contributed by atoms with Gasteiger partial charge in [0.05, 0.1) is 19.9 Å². The van der Waals surface area contributed by atoms with E-state index < -0.39 is 11.7 Å². The number of carbonyl (C=O) groups excluding carboxylic acids is 1. The zero-order valence-corrected chi connectivity index (χ0v) is 13.4. The Kier molecular flexibility index (Phi) is 5.43. The third-order valence-corrected chi connectivity index (χ3v) is 2.68. The second kappa shape index (κ2) is 6.67. The van der Waals surface area contributed by atoms with Crippen molar-refractivity contribution in [2.24, 2.45) is 5.73 Å². The first kappa shape index (κ1) is 17.1. The van der Waals surface area contributed by atoms with Gasteiger partial charge in [0.25, 0.3) is 0 Å². The standard InChI is InChI=1S/C15H24N2O4/c1-9(16)10-7-12(19-5)13(20-6)8-11(10)17-14(18)21-15(2,3)4/h7-9H,16H2,1-6H3,(H,17,18). The predicted molar refractivity (Wildman–Crippen MR) is 82.0 cm³/mol. The molecule has 0 spiro atoms. The first-order valence-corrected chi connectivity index (χ1v) is 6.69. The fourth-order valence-electron chi connectivity index (χ4n) is 1.79. The molecule has 0 aliphatic rings. The molecule has 1 amide bonds. The molecule has 1 aromatic rings. The highest BCUT2D eigenvalue weighted by molar-refractivity contribution is 5.87. The highest BCUT2D eigenvalue weighted by Crippen LogP contribution is 2.35. The van der Waals surface area contributed by atoms with Crippen LogP contribution in [0.5, 0.6) is 11.5 Å². The van der Waals surface area contributed by atoms with Gasteiger partial charge < -0.3 is 19.9 Å². The van der Waals surface area contributed by atoms with Gasteiger partial charge >= 0.3 is 6.09 Å². The number of anilines is 1. The van der Waals surface area contributed by atoms with Crippen LogP contribution in [0.25, 0.3) is 0 Å². The Morgan fingerprint density at radius 1 is 1.19 bits per heavy atom. The summed E-state index contributed by atoms with van der Waals surface area (Å²) >= 11 is 0. The lowest BCUT2D eigenvalue weighted by molar-refractivity contribution is 0.0635. The number of carbonyl (C=O) groups is 1. The number of nitrogens with two attached hydrogens (primary N) is 1. The Balaban J connectivity index is 3.12. The second-order valence-electron chi connectivity index (χ2n) is 5.71. The summed E-state index contributed by atoms with van der Waals surface area (Å²) in [5.74, 6) is 1.06. The maximum atomic E-state index is 11.9. The van der Waals surface area contributed by atoms with Gasteiger partial charge in [0.2, 0.25) is 0 Å². The van der Waals surface area contributed by atoms with E-state index in [0.29, 0.717) is 17.2 Å². The summed E-state index contributed by atoms with van der Waals surface area (Å²) in [7, 11) is 3.07. The quantitative estimate of drug-likeness (QED) is 0.892. The average Bonchev–Trinajstić information content (AvgIpc) is 2.35. The van der Waals surface area contributed by atoms with Crippen LogP contribution < -0.4 is 20.5 Å². The maximum Gasteiger partial charge on any atom is 0.412 e. The van der Waals surface area contributed by atoms with Crippen LogP contribution in [0, 0.1) is 0 Å². The van der Waals surface area contributed by atoms with Crippen LogP contribution in [0.1, 0.15) is 39.3 Å². The van der Waals surface area contributed by atoms with E-state index in [1.807, 2.05) is 6.92 Å². The minimum Gasteiger partial charge on any atom is -0.493 e. The molecular weight excluding hydrogens is 272 g/mol. The molecule has 0 bridgehead atoms. The van der Waals surface area contributed by atoms with Crippen molar-refractivity contribution in [3.8, 4) is 11.5 Å². The minimum absolute atomic E-state index is 0.283. The lowest BCUT2D eigenvalue weighted by Gasteiger charge is -2.22. The second-order valence-corrected chi connectivity index (χ2v) is 5.71. The van der Waals surface area contributed by atoms with Gasteiger partial charge in [0.15, 0.2) is 11.5 Å². The topological polar surface area (TPSA) is 82.8 Å². The predicted octanol–water partition coefficient (Wildman–Crippen LogP) is 3.07. The fourth-order valence-corrected chi connectivity index (χ4v) is 1.79. The van der Waals surface area contributed by atoms with Gasteiger partial charge in [-0.1, -0.05) is 0 Å². The molecule has 0 radical (unpaired) electrons. The van der Waals surface area contributed by atoms with Crippen LogP contribution in [0.4, 0.5) is 10.5 Å². The molecule has 21 heavy (non-hydrogen) atoms. The van der Waals surface area contributed by atoms with Crippen molar-refractivity contribution >= 4 is 11.8 Å². The monoisotopic (exact) mass is 296 g/mol. The van der Waals surface area contributed by atoms with E-state index in [4.69, 9.17) is 19.9 Å². The van der Waals surface area contributed by atoms with E-state index in [1.165, 1.54) is 7.11 Å². The van der Waals surface area contributed by atoms with Gasteiger partial charge in [-0.25, -0.2) is 4.79 Å². The molecule has 1 rings (SSSR count). The van der Waals surface area contributed by atoms with E-state index in [0.717, 1.165) is 5.56 Å². The molecule has 0 saturated heterocycles. The Labute approximate surface area is 125 Å². The first-order chi connectivity index (χ1) is 9.67. The maximum absolute atomic E-state index is 11.9. The molecule has 0 saturated carbocycles. The van der Waals surface area contributed by atoms with Crippen molar-refractivity contribution in [1.82, 2.24) is 0 Å². The number of amides is 1. The normalized spacial score (nSPS) is 12.5. The van der Waals surface area contributed by atoms with E-state index in [9.17, 15) is 4.79 Å². The first-order valence-electron chi connectivity index (χ1n) is 6.69. The Morgan fingerprint density at radius 2 is 1.71 bits per heavy atom. The van der Waals surface area contributed by atoms with Gasteiger partial charge in [0.1, 0.15) is 5.60 Å². The van der Waals surface area contributed by atoms with Crippen molar-refractivity contribution in [2.75, 3.05) is 19.5 Å². The molecule has 0 heterocycles. The van der Waals surface area contributed by atoms with Gasteiger partial charge in [-0.2, -0.15) is 0 Å². The summed E-state index contributed by atoms with van der Waals surface area (Å²) in [5, 5.41) is 2.70. The molecule has 0 fully saturated rings. The van der Waals surface area contributed by atoms with Gasteiger partial charge in [0, 0.05) is 12.1 Å². The molecular formula is C15H24N2O4. The van der Waals surface area contributed by atoms with Crippen molar-refractivity contribution < 1.29 is 19.0 Å². The number of nitrogens with one attached hydrogen (secondary N) is 1. The molecule has 3 N–H and O–H groups in total. The van der Waals surface area contributed by atoms with Gasteiger partial charge in [-0.05, 0) is 39.3 Å². The Hall–Kier alpha value is -1.95. The lowest BCUT2D eigenvalue weighted by atomic mass is 10.1. The summed E-state index contributed by atoms with van der Waals surface area (Å²) < 4.78 is 15.7. The van der Waals surface area contributed by atoms with Gasteiger partial charge in [-0.15, -0.1) is 0 Å². The molecule has 0 aliphatic heterocycles. The lowest BCUT2D eigenvalue weighted by Crippen LogP contribution is -2.27. The third-order valence-electron chi connectivity index (χ3n) is 2.68. The number of hydrogen-bond acceptors (Lipinski definition) is 5. The molecule has 1 aromatic carbocycles. The summed E-state index contributed by atoms with van der Waals surface area (Å²) in [4.78, 5) is 11.9. The van der Waals surface area contributed by atoms with Crippen LogP contribution in [0.15, 0.2) is 12.1 Å². The van der Waals surface area contributed by atoms with Crippen molar-refractivity contribution in [1.29, 1.82) is 0 Å². The average molecular weight is 296 g/mol. The van der Waals surface area contributed by atoms with Crippen molar-refractivity contribution in [3.63, 3.8) is 0 Å². The third kappa shape index (κ3) is 4.82. The highest BCUT2D eigenvalue weighted by Gasteiger charge is 2.20. The van der Waals surface area contributed by atoms with Crippen molar-refractivity contribution in [2.45, 2.75) is 39.3 Å². The molecule has 0 aliphatic carbocycles. The zero-order chi connectivity index (χ0) is 16.2. The number of benzene rings is 1. The van der Waals surface area contributed by atoms with E-state index in [1.54, 1.807) is 40.0 Å². The smallest absolute Gasteiger partial charge is 0.412 e. The van der Waals surface area contributed by atoms with Crippen LogP contribution >= 0.6 is 0 Å². The minimum atomic E-state index is -0.574. The molecule has 6 heteroatoms. The highest BCUT2D eigenvalue weighted by atomic mass is 16.6. The molecule has 1 unspecified atom stereocenters. The van der Waals surface area contributed by atoms with E-state index in [2.05, 4.69) is 5.32 Å². The molecule has 1 atom stereocenters. The van der Waals surface area contributed by atoms with Gasteiger partial charge in [-0.3, -0.25) is 5.32 Å². The molecule has 0 aromatic heterocycles.